The molecule has 3 heterocycles. The van der Waals surface area contributed by atoms with E-state index in [-0.39, 0.29) is 11.9 Å². The lowest BCUT2D eigenvalue weighted by molar-refractivity contribution is -0.131. The van der Waals surface area contributed by atoms with E-state index in [4.69, 9.17) is 11.6 Å². The van der Waals surface area contributed by atoms with Crippen molar-refractivity contribution in [2.45, 2.75) is 39.3 Å². The Morgan fingerprint density at radius 3 is 2.92 bits per heavy atom. The summed E-state index contributed by atoms with van der Waals surface area (Å²) < 4.78 is 3.58. The quantitative estimate of drug-likeness (QED) is 0.751. The Balaban J connectivity index is 1.60. The SMILES string of the molecule is CCCCn1nc(C)c(/C=C/C(=O)N2CC(n3ccnn3)C2)c1Cl. The standard InChI is InChI=1S/C16H21ClN6O/c1-3-4-8-23-16(17)14(12(2)19-23)5-6-15(24)21-10-13(11-21)22-9-7-18-20-22/h5-7,9,13H,3-4,8,10-11H2,1-2H3/b6-5+. The number of carbonyl (C=O) groups is 1. The Morgan fingerprint density at radius 1 is 1.46 bits per heavy atom. The van der Waals surface area contributed by atoms with E-state index < -0.39 is 0 Å². The van der Waals surface area contributed by atoms with E-state index in [0.29, 0.717) is 18.2 Å². The number of aryl methyl sites for hydroxylation is 2. The highest BCUT2D eigenvalue weighted by Gasteiger charge is 2.31. The summed E-state index contributed by atoms with van der Waals surface area (Å²) in [5, 5.41) is 12.8. The number of halogens is 1. The second kappa shape index (κ2) is 7.17. The van der Waals surface area contributed by atoms with Crippen LogP contribution in [-0.4, -0.2) is 48.7 Å². The third-order valence-corrected chi connectivity index (χ3v) is 4.61. The van der Waals surface area contributed by atoms with Gasteiger partial charge < -0.3 is 4.90 Å². The number of nitrogens with zero attached hydrogens (tertiary/aromatic N) is 6. The van der Waals surface area contributed by atoms with Gasteiger partial charge in [0, 0.05) is 37.5 Å². The van der Waals surface area contributed by atoms with Crippen LogP contribution < -0.4 is 0 Å². The number of hydrogen-bond donors (Lipinski definition) is 0. The van der Waals surface area contributed by atoms with Crippen molar-refractivity contribution in [1.82, 2.24) is 29.7 Å². The highest BCUT2D eigenvalue weighted by molar-refractivity contribution is 6.31. The molecule has 0 unspecified atom stereocenters. The van der Waals surface area contributed by atoms with Crippen molar-refractivity contribution in [3.05, 3.63) is 34.9 Å². The normalized spacial score (nSPS) is 15.2. The van der Waals surface area contributed by atoms with E-state index in [1.807, 2.05) is 13.1 Å². The van der Waals surface area contributed by atoms with Gasteiger partial charge in [-0.25, -0.2) is 4.68 Å². The van der Waals surface area contributed by atoms with Crippen LogP contribution in [-0.2, 0) is 11.3 Å². The largest absolute Gasteiger partial charge is 0.335 e. The van der Waals surface area contributed by atoms with E-state index in [2.05, 4.69) is 22.3 Å². The van der Waals surface area contributed by atoms with E-state index in [1.54, 1.807) is 32.6 Å². The molecule has 0 radical (unpaired) electrons. The second-order valence-electron chi connectivity index (χ2n) is 5.98. The molecule has 1 fully saturated rings. The maximum atomic E-state index is 12.2. The summed E-state index contributed by atoms with van der Waals surface area (Å²) >= 11 is 6.37. The van der Waals surface area contributed by atoms with Gasteiger partial charge in [-0.15, -0.1) is 5.10 Å². The summed E-state index contributed by atoms with van der Waals surface area (Å²) in [7, 11) is 0. The van der Waals surface area contributed by atoms with Crippen LogP contribution in [0.5, 0.6) is 0 Å². The van der Waals surface area contributed by atoms with Gasteiger partial charge in [-0.2, -0.15) is 5.10 Å². The van der Waals surface area contributed by atoms with Gasteiger partial charge in [-0.05, 0) is 19.4 Å². The molecule has 0 atom stereocenters. The van der Waals surface area contributed by atoms with Crippen LogP contribution >= 0.6 is 11.6 Å². The van der Waals surface area contributed by atoms with Gasteiger partial charge in [0.25, 0.3) is 0 Å². The van der Waals surface area contributed by atoms with Crippen LogP contribution in [0.25, 0.3) is 6.08 Å². The number of likely N-dealkylation sites (tertiary alicyclic amines) is 1. The van der Waals surface area contributed by atoms with Gasteiger partial charge in [0.05, 0.1) is 17.9 Å². The lowest BCUT2D eigenvalue weighted by Crippen LogP contribution is -2.50. The van der Waals surface area contributed by atoms with Crippen molar-refractivity contribution in [1.29, 1.82) is 0 Å². The highest BCUT2D eigenvalue weighted by atomic mass is 35.5. The summed E-state index contributed by atoms with van der Waals surface area (Å²) in [6.07, 6.45) is 8.90. The van der Waals surface area contributed by atoms with Crippen LogP contribution in [0.2, 0.25) is 5.15 Å². The molecule has 2 aromatic rings. The predicted molar refractivity (Wildman–Crippen MR) is 91.6 cm³/mol. The number of amides is 1. The fourth-order valence-electron chi connectivity index (χ4n) is 2.69. The minimum atomic E-state index is -0.0249. The smallest absolute Gasteiger partial charge is 0.246 e. The van der Waals surface area contributed by atoms with E-state index in [9.17, 15) is 4.79 Å². The molecule has 1 aliphatic rings. The maximum Gasteiger partial charge on any atom is 0.246 e. The molecule has 0 aromatic carbocycles. The molecule has 24 heavy (non-hydrogen) atoms. The summed E-state index contributed by atoms with van der Waals surface area (Å²) in [5.74, 6) is -0.0249. The van der Waals surface area contributed by atoms with Crippen LogP contribution in [0, 0.1) is 6.92 Å². The van der Waals surface area contributed by atoms with Crippen LogP contribution in [0.1, 0.15) is 37.1 Å². The molecule has 8 heteroatoms. The molecule has 128 valence electrons. The fraction of sp³-hybridized carbons (Fsp3) is 0.500. The number of rotatable bonds is 6. The monoisotopic (exact) mass is 348 g/mol. The zero-order valence-electron chi connectivity index (χ0n) is 13.9. The summed E-state index contributed by atoms with van der Waals surface area (Å²) in [5.41, 5.74) is 1.65. The lowest BCUT2D eigenvalue weighted by atomic mass is 10.1. The molecular formula is C16H21ClN6O. The first-order valence-electron chi connectivity index (χ1n) is 8.15. The molecule has 3 rings (SSSR count). The second-order valence-corrected chi connectivity index (χ2v) is 6.34. The third kappa shape index (κ3) is 3.36. The molecule has 0 N–H and O–H groups in total. The van der Waals surface area contributed by atoms with Crippen molar-refractivity contribution >= 4 is 23.6 Å². The van der Waals surface area contributed by atoms with Crippen LogP contribution in [0.4, 0.5) is 0 Å². The topological polar surface area (TPSA) is 68.8 Å². The van der Waals surface area contributed by atoms with Gasteiger partial charge in [0.2, 0.25) is 5.91 Å². The molecule has 2 aromatic heterocycles. The molecule has 0 spiro atoms. The van der Waals surface area contributed by atoms with Gasteiger partial charge in [-0.3, -0.25) is 9.48 Å². The zero-order chi connectivity index (χ0) is 17.1. The molecule has 7 nitrogen and oxygen atoms in total. The maximum absolute atomic E-state index is 12.2. The first-order chi connectivity index (χ1) is 11.6. The zero-order valence-corrected chi connectivity index (χ0v) is 14.6. The molecular weight excluding hydrogens is 328 g/mol. The van der Waals surface area contributed by atoms with Crippen molar-refractivity contribution in [3.63, 3.8) is 0 Å². The van der Waals surface area contributed by atoms with Gasteiger partial charge in [-0.1, -0.05) is 30.2 Å². The Kier molecular flexibility index (Phi) is 4.99. The Labute approximate surface area is 145 Å². The fourth-order valence-corrected chi connectivity index (χ4v) is 3.01. The molecule has 0 saturated carbocycles. The lowest BCUT2D eigenvalue weighted by Gasteiger charge is -2.38. The molecule has 1 aliphatic heterocycles. The van der Waals surface area contributed by atoms with E-state index in [0.717, 1.165) is 30.6 Å². The minimum absolute atomic E-state index is 0.0249. The number of carbonyl (C=O) groups excluding carboxylic acids is 1. The first kappa shape index (κ1) is 16.7. The number of aromatic nitrogens is 5. The van der Waals surface area contributed by atoms with Crippen LogP contribution in [0.15, 0.2) is 18.5 Å². The summed E-state index contributed by atoms with van der Waals surface area (Å²) in [6.45, 7) is 6.12. The Morgan fingerprint density at radius 2 is 2.25 bits per heavy atom. The Bertz CT molecular complexity index is 730. The van der Waals surface area contributed by atoms with Gasteiger partial charge in [0.15, 0.2) is 0 Å². The summed E-state index contributed by atoms with van der Waals surface area (Å²) in [4.78, 5) is 14.0. The van der Waals surface area contributed by atoms with Gasteiger partial charge in [0.1, 0.15) is 5.15 Å². The van der Waals surface area contributed by atoms with Crippen molar-refractivity contribution in [2.24, 2.45) is 0 Å². The van der Waals surface area contributed by atoms with Crippen molar-refractivity contribution < 1.29 is 4.79 Å². The summed E-state index contributed by atoms with van der Waals surface area (Å²) in [6, 6.07) is 0.215. The average Bonchev–Trinajstić information content (AvgIpc) is 3.11. The first-order valence-corrected chi connectivity index (χ1v) is 8.53. The van der Waals surface area contributed by atoms with Crippen molar-refractivity contribution in [3.8, 4) is 0 Å². The number of unbranched alkanes of at least 4 members (excludes halogenated alkanes) is 1. The highest BCUT2D eigenvalue weighted by Crippen LogP contribution is 2.23. The Hall–Kier alpha value is -2.15. The average molecular weight is 349 g/mol. The van der Waals surface area contributed by atoms with Gasteiger partial charge >= 0.3 is 0 Å². The molecule has 1 saturated heterocycles. The molecule has 0 aliphatic carbocycles. The predicted octanol–water partition coefficient (Wildman–Crippen LogP) is 2.33. The van der Waals surface area contributed by atoms with E-state index in [1.165, 1.54) is 0 Å². The number of hydrogen-bond acceptors (Lipinski definition) is 4. The van der Waals surface area contributed by atoms with Crippen LogP contribution in [0.3, 0.4) is 0 Å². The van der Waals surface area contributed by atoms with Crippen molar-refractivity contribution in [2.75, 3.05) is 13.1 Å². The molecule has 1 amide bonds. The minimum Gasteiger partial charge on any atom is -0.335 e. The van der Waals surface area contributed by atoms with E-state index >= 15 is 0 Å². The third-order valence-electron chi connectivity index (χ3n) is 4.21. The molecule has 0 bridgehead atoms.